The third-order valence-electron chi connectivity index (χ3n) is 10.9. The summed E-state index contributed by atoms with van der Waals surface area (Å²) in [6, 6.07) is 0.814. The number of aromatic nitrogens is 10. The van der Waals surface area contributed by atoms with Crippen molar-refractivity contribution in [3.05, 3.63) is 62.4 Å². The number of anilines is 2. The van der Waals surface area contributed by atoms with E-state index < -0.39 is 149 Å². The number of nitrogens with one attached hydrogen (secondary N) is 2. The smallest absolute Gasteiger partial charge is 0.387 e. The number of fused-ring (bicyclic) bond motifs is 2. The van der Waals surface area contributed by atoms with Crippen molar-refractivity contribution in [1.82, 2.24) is 43.6 Å². The number of aliphatic hydroxyl groups is 4. The van der Waals surface area contributed by atoms with Crippen LogP contribution in [0.2, 0.25) is 0 Å². The number of hydrogen-bond acceptors (Lipinski definition) is 28. The van der Waals surface area contributed by atoms with Crippen molar-refractivity contribution in [3.63, 3.8) is 0 Å². The number of hydrogen-bond donors (Lipinski definition) is 14. The van der Waals surface area contributed by atoms with Crippen LogP contribution in [-0.4, -0.2) is 168 Å². The second-order valence-corrected chi connectivity index (χ2v) is 23.3. The predicted molar refractivity (Wildman–Crippen MR) is 234 cm³/mol. The number of phosphoric acid groups is 5. The topological polar surface area (TPSA) is 585 Å². The molecule has 0 saturated carbocycles. The molecule has 40 nitrogen and oxygen atoms in total. The minimum Gasteiger partial charge on any atom is -0.387 e. The van der Waals surface area contributed by atoms with Gasteiger partial charge in [-0.05, 0) is 0 Å². The Morgan fingerprint density at radius 2 is 1.28 bits per heavy atom. The van der Waals surface area contributed by atoms with E-state index in [1.54, 1.807) is 0 Å². The van der Waals surface area contributed by atoms with Gasteiger partial charge in [-0.15, -0.1) is 0 Å². The number of H-pyrrole nitrogens is 2. The molecular weight excluding hydrogens is 1130 g/mol. The molecule has 4 unspecified atom stereocenters. The summed E-state index contributed by atoms with van der Waals surface area (Å²) in [5.74, 6) is -0.510. The zero-order valence-electron chi connectivity index (χ0n) is 37.2. The van der Waals surface area contributed by atoms with Crippen LogP contribution in [0.1, 0.15) is 18.7 Å². The Labute approximate surface area is 413 Å². The molecule has 16 atom stereocenters. The van der Waals surface area contributed by atoms with Gasteiger partial charge in [0.1, 0.15) is 66.8 Å². The molecule has 45 heteroatoms. The van der Waals surface area contributed by atoms with E-state index in [9.17, 15) is 87.0 Å². The van der Waals surface area contributed by atoms with Crippen molar-refractivity contribution >= 4 is 73.2 Å². The summed E-state index contributed by atoms with van der Waals surface area (Å²) in [5.41, 5.74) is 8.34. The Morgan fingerprint density at radius 1 is 0.707 bits per heavy atom. The molecule has 16 N–H and O–H groups in total. The SMILES string of the molecule is Cn1c[n+]([C@@H]2O[C@H](COP(=O)(O)OP(=O)(O)OP(=O)(O)OC[C@H]3O[C@@H](n4cnc5c(N)ncnc54)[C@H](O)[C@@H]3OP(=O)(O)OC[C@H]3O[C@@H](n4ccc(=O)[nH]c4=O)[C@H](O)[C@@H]3OP(=O)(O)O)[C@@H](O)[C@H]2O)c2nc(N)[nH]c(=O)c21. The van der Waals surface area contributed by atoms with Gasteiger partial charge in [-0.2, -0.15) is 8.62 Å². The molecule has 0 aromatic carbocycles. The highest BCUT2D eigenvalue weighted by Gasteiger charge is 2.54. The number of nitrogens with two attached hydrogens (primary N) is 2. The molecule has 3 fully saturated rings. The van der Waals surface area contributed by atoms with Gasteiger partial charge in [-0.1, -0.05) is 4.98 Å². The second-order valence-electron chi connectivity index (χ2n) is 16.1. The summed E-state index contributed by atoms with van der Waals surface area (Å²) in [5, 5.41) is 43.7. The summed E-state index contributed by atoms with van der Waals surface area (Å²) >= 11 is 0. The van der Waals surface area contributed by atoms with Crippen LogP contribution in [0, 0.1) is 0 Å². The van der Waals surface area contributed by atoms with Crippen LogP contribution in [0.3, 0.4) is 0 Å². The molecular formula is C30H42N12O28P5+. The first-order chi connectivity index (χ1) is 34.8. The highest BCUT2D eigenvalue weighted by atomic mass is 31.3. The standard InChI is InChI=1S/C30H41N12O28P5/c1-39-9-42(24-15(39)25(48)38-29(32)37-24)26-17(45)16(44)10(64-26)4-62-73(55,56)69-75(59,60)70-74(57,58)63-6-12-21(19(47)28(66-12)41-8-35-14-22(31)33-7-34-23(14)41)68-72(53,54)61-5-11-20(67-71(50,51)52)18(46)27(65-11)40-3-2-13(43)36-30(40)49/h2-3,7-12,16-21,26-28,44-47H,4-6H2,1H3,(H11-,31,32,33,34,36,37,38,43,48,49,50,51,52,53,54,55,56,57,58,59,60)/p+1/t10-,11-,12-,16-,17-,18-,19-,20-,21-,26-,27-,28-/m1/s1. The molecule has 8 heterocycles. The van der Waals surface area contributed by atoms with E-state index >= 15 is 0 Å². The fourth-order valence-electron chi connectivity index (χ4n) is 7.83. The van der Waals surface area contributed by atoms with Gasteiger partial charge in [-0.3, -0.25) is 55.9 Å². The zero-order chi connectivity index (χ0) is 54.9. The van der Waals surface area contributed by atoms with Crippen molar-refractivity contribution in [2.45, 2.75) is 73.6 Å². The number of ether oxygens (including phenoxy) is 3. The van der Waals surface area contributed by atoms with Gasteiger partial charge in [0.05, 0.1) is 33.2 Å². The minimum atomic E-state index is -6.27. The van der Waals surface area contributed by atoms with Gasteiger partial charge >= 0.3 is 50.5 Å². The first-order valence-electron chi connectivity index (χ1n) is 20.6. The Bertz CT molecular complexity index is 3400. The number of nitrogen functional groups attached to an aromatic ring is 2. The lowest BCUT2D eigenvalue weighted by atomic mass is 10.1. The lowest BCUT2D eigenvalue weighted by Crippen LogP contribution is -2.46. The van der Waals surface area contributed by atoms with E-state index in [2.05, 4.69) is 42.6 Å². The number of phosphoric ester groups is 4. The first kappa shape index (κ1) is 56.7. The summed E-state index contributed by atoms with van der Waals surface area (Å²) in [7, 11) is -28.0. The molecule has 75 heavy (non-hydrogen) atoms. The van der Waals surface area contributed by atoms with Crippen LogP contribution in [-0.2, 0) is 75.3 Å². The maximum atomic E-state index is 13.5. The van der Waals surface area contributed by atoms with Gasteiger partial charge in [0.15, 0.2) is 30.2 Å². The lowest BCUT2D eigenvalue weighted by Gasteiger charge is -2.25. The Morgan fingerprint density at radius 3 is 1.88 bits per heavy atom. The molecule has 0 aliphatic carbocycles. The Balaban J connectivity index is 0.938. The molecule has 3 aliphatic heterocycles. The molecule has 0 radical (unpaired) electrons. The van der Waals surface area contributed by atoms with E-state index in [0.29, 0.717) is 4.57 Å². The van der Waals surface area contributed by atoms with Gasteiger partial charge in [0.2, 0.25) is 11.7 Å². The molecule has 5 aromatic heterocycles. The van der Waals surface area contributed by atoms with Gasteiger partial charge in [0.25, 0.3) is 17.1 Å². The van der Waals surface area contributed by atoms with Crippen LogP contribution in [0.25, 0.3) is 22.3 Å². The molecule has 0 amide bonds. The van der Waals surface area contributed by atoms with E-state index in [1.807, 2.05) is 4.98 Å². The number of rotatable bonds is 20. The van der Waals surface area contributed by atoms with Gasteiger partial charge in [-0.25, -0.2) is 47.1 Å². The fourth-order valence-corrected chi connectivity index (χ4v) is 12.9. The third kappa shape index (κ3) is 12.5. The van der Waals surface area contributed by atoms with Crippen molar-refractivity contribution in [3.8, 4) is 0 Å². The maximum Gasteiger partial charge on any atom is 0.490 e. The molecule has 414 valence electrons. The van der Waals surface area contributed by atoms with Crippen LogP contribution < -0.4 is 32.8 Å². The number of aromatic amines is 2. The molecule has 0 spiro atoms. The molecule has 3 saturated heterocycles. The number of nitrogens with zero attached hydrogens (tertiary/aromatic N) is 8. The third-order valence-corrected chi connectivity index (χ3v) is 16.7. The first-order valence-corrected chi connectivity index (χ1v) is 28.1. The minimum absolute atomic E-state index is 0.0467. The van der Waals surface area contributed by atoms with Crippen LogP contribution in [0.5, 0.6) is 0 Å². The van der Waals surface area contributed by atoms with Gasteiger partial charge in [0, 0.05) is 12.3 Å². The van der Waals surface area contributed by atoms with Crippen LogP contribution >= 0.6 is 39.1 Å². The van der Waals surface area contributed by atoms with Crippen LogP contribution in [0.15, 0.2) is 45.6 Å². The molecule has 3 aliphatic rings. The Kier molecular flexibility index (Phi) is 15.9. The maximum absolute atomic E-state index is 13.5. The fraction of sp³-hybridized carbons (Fsp3) is 0.533. The van der Waals surface area contributed by atoms with E-state index in [0.717, 1.165) is 34.1 Å². The lowest BCUT2D eigenvalue weighted by molar-refractivity contribution is -0.745. The van der Waals surface area contributed by atoms with Crippen molar-refractivity contribution in [1.29, 1.82) is 0 Å². The van der Waals surface area contributed by atoms with Crippen LogP contribution in [0.4, 0.5) is 11.8 Å². The Hall–Kier alpha value is -4.47. The summed E-state index contributed by atoms with van der Waals surface area (Å²) in [4.78, 5) is 117. The van der Waals surface area contributed by atoms with E-state index in [-0.39, 0.29) is 34.1 Å². The predicted octanol–water partition coefficient (Wildman–Crippen LogP) is -5.41. The largest absolute Gasteiger partial charge is 0.490 e. The number of aryl methyl sites for hydroxylation is 1. The van der Waals surface area contributed by atoms with Crippen molar-refractivity contribution < 1.29 is 123 Å². The monoisotopic (exact) mass is 1170 g/mol. The zero-order valence-corrected chi connectivity index (χ0v) is 41.7. The average Bonchev–Trinajstić information content (AvgIpc) is 4.08. The molecule has 5 aromatic rings. The summed E-state index contributed by atoms with van der Waals surface area (Å²) < 4.78 is 117. The van der Waals surface area contributed by atoms with Crippen molar-refractivity contribution in [2.75, 3.05) is 31.3 Å². The molecule has 8 rings (SSSR count). The highest BCUT2D eigenvalue weighted by Crippen LogP contribution is 2.68. The highest BCUT2D eigenvalue weighted by molar-refractivity contribution is 7.66. The number of aliphatic hydroxyl groups excluding tert-OH is 4. The normalized spacial score (nSPS) is 30.6. The van der Waals surface area contributed by atoms with Gasteiger partial charge < -0.3 is 75.5 Å². The van der Waals surface area contributed by atoms with Crippen molar-refractivity contribution in [2.24, 2.45) is 7.05 Å². The van der Waals surface area contributed by atoms with E-state index in [1.165, 1.54) is 17.9 Å². The molecule has 0 bridgehead atoms. The van der Waals surface area contributed by atoms with E-state index in [4.69, 9.17) is 39.2 Å². The number of imidazole rings is 2. The average molecular weight is 1170 g/mol. The quantitative estimate of drug-likeness (QED) is 0.0255. The summed E-state index contributed by atoms with van der Waals surface area (Å²) in [6.07, 6.45) is -19.4. The summed E-state index contributed by atoms with van der Waals surface area (Å²) in [6.45, 7) is -3.90. The second kappa shape index (κ2) is 21.1.